The third-order valence-electron chi connectivity index (χ3n) is 4.85. The first kappa shape index (κ1) is 18.7. The monoisotopic (exact) mass is 376 g/mol. The number of para-hydroxylation sites is 1. The molecule has 6 heteroatoms. The Morgan fingerprint density at radius 1 is 1.15 bits per heavy atom. The lowest BCUT2D eigenvalue weighted by molar-refractivity contribution is -0.683. The zero-order valence-corrected chi connectivity index (χ0v) is 15.6. The molecule has 1 aliphatic rings. The number of benzene rings is 2. The molecular weight excluding hydrogens is 353 g/mol. The summed E-state index contributed by atoms with van der Waals surface area (Å²) in [6.07, 6.45) is 0. The van der Waals surface area contributed by atoms with Crippen LogP contribution in [0.3, 0.4) is 0 Å². The van der Waals surface area contributed by atoms with Crippen LogP contribution in [0.2, 0.25) is 5.02 Å². The molecule has 2 aromatic rings. The highest BCUT2D eigenvalue weighted by Gasteiger charge is 2.24. The molecule has 0 unspecified atom stereocenters. The highest BCUT2D eigenvalue weighted by Crippen LogP contribution is 2.20. The average Bonchev–Trinajstić information content (AvgIpc) is 2.66. The predicted octanol–water partition coefficient (Wildman–Crippen LogP) is 2.45. The fraction of sp³-hybridized carbons (Fsp3) is 0.350. The predicted molar refractivity (Wildman–Crippen MR) is 102 cm³/mol. The highest BCUT2D eigenvalue weighted by atomic mass is 35.5. The van der Waals surface area contributed by atoms with Crippen molar-refractivity contribution >= 4 is 23.2 Å². The van der Waals surface area contributed by atoms with Gasteiger partial charge in [-0.25, -0.2) is 4.39 Å². The molecular formula is C20H24ClFN3O+. The number of carbonyl (C=O) groups excluding carboxylic acids is 1. The van der Waals surface area contributed by atoms with Crippen LogP contribution in [0, 0.1) is 5.82 Å². The Hall–Kier alpha value is -2.11. The van der Waals surface area contributed by atoms with Crippen LogP contribution in [-0.4, -0.2) is 43.5 Å². The first-order valence-electron chi connectivity index (χ1n) is 8.90. The van der Waals surface area contributed by atoms with Crippen LogP contribution in [0.1, 0.15) is 18.5 Å². The van der Waals surface area contributed by atoms with Crippen molar-refractivity contribution in [2.75, 3.05) is 37.6 Å². The Morgan fingerprint density at radius 2 is 1.88 bits per heavy atom. The van der Waals surface area contributed by atoms with E-state index in [1.807, 2.05) is 45.4 Å². The second kappa shape index (κ2) is 8.52. The third-order valence-corrected chi connectivity index (χ3v) is 5.08. The van der Waals surface area contributed by atoms with Gasteiger partial charge >= 0.3 is 0 Å². The molecule has 0 bridgehead atoms. The third kappa shape index (κ3) is 4.54. The lowest BCUT2D eigenvalue weighted by atomic mass is 10.1. The van der Waals surface area contributed by atoms with Crippen molar-refractivity contribution < 1.29 is 14.5 Å². The van der Waals surface area contributed by atoms with Gasteiger partial charge in [0.2, 0.25) is 0 Å². The summed E-state index contributed by atoms with van der Waals surface area (Å²) in [5.74, 6) is -0.0944. The van der Waals surface area contributed by atoms with Crippen LogP contribution < -0.4 is 10.2 Å². The molecule has 1 aliphatic heterocycles. The first-order valence-corrected chi connectivity index (χ1v) is 9.28. The average molecular weight is 377 g/mol. The molecule has 1 heterocycles. The van der Waals surface area contributed by atoms with Crippen molar-refractivity contribution in [1.82, 2.24) is 4.90 Å². The summed E-state index contributed by atoms with van der Waals surface area (Å²) in [7, 11) is 0. The number of quaternary nitrogens is 1. The van der Waals surface area contributed by atoms with Crippen LogP contribution in [0.25, 0.3) is 0 Å². The summed E-state index contributed by atoms with van der Waals surface area (Å²) in [6.45, 7) is 4.99. The van der Waals surface area contributed by atoms with Gasteiger partial charge in [-0.2, -0.15) is 0 Å². The van der Waals surface area contributed by atoms with Gasteiger partial charge in [0, 0.05) is 36.8 Å². The molecule has 138 valence electrons. The number of nitrogens with zero attached hydrogens (tertiary/aromatic N) is 2. The number of carbonyl (C=O) groups is 1. The molecule has 1 atom stereocenters. The lowest BCUT2D eigenvalue weighted by Crippen LogP contribution is -2.87. The van der Waals surface area contributed by atoms with E-state index in [0.717, 1.165) is 5.56 Å². The van der Waals surface area contributed by atoms with Crippen LogP contribution in [0.4, 0.5) is 10.1 Å². The van der Waals surface area contributed by atoms with Crippen LogP contribution in [-0.2, 0) is 4.79 Å². The number of amides is 1. The summed E-state index contributed by atoms with van der Waals surface area (Å²) in [5, 5.41) is 2.73. The zero-order chi connectivity index (χ0) is 18.5. The number of rotatable bonds is 5. The molecule has 0 aromatic heterocycles. The van der Waals surface area contributed by atoms with E-state index in [0.29, 0.717) is 43.4 Å². The Morgan fingerprint density at radius 3 is 2.58 bits per heavy atom. The van der Waals surface area contributed by atoms with Gasteiger partial charge < -0.3 is 15.1 Å². The van der Waals surface area contributed by atoms with Gasteiger partial charge in [0.05, 0.1) is 5.69 Å². The van der Waals surface area contributed by atoms with Crippen molar-refractivity contribution in [3.05, 3.63) is 64.9 Å². The minimum absolute atomic E-state index is 0.118. The molecule has 2 N–H and O–H groups in total. The molecule has 1 saturated heterocycles. The summed E-state index contributed by atoms with van der Waals surface area (Å²) in [4.78, 5) is 16.3. The van der Waals surface area contributed by atoms with Crippen molar-refractivity contribution in [1.29, 1.82) is 0 Å². The van der Waals surface area contributed by atoms with Gasteiger partial charge in [-0.15, -0.1) is 0 Å². The molecule has 0 saturated carbocycles. The smallest absolute Gasteiger partial charge is 0.277 e. The number of nitrogens with two attached hydrogens (primary N) is 1. The van der Waals surface area contributed by atoms with Crippen molar-refractivity contribution in [2.45, 2.75) is 13.0 Å². The number of hydrogen-bond acceptors (Lipinski definition) is 2. The summed E-state index contributed by atoms with van der Waals surface area (Å²) in [6, 6.07) is 14.7. The Labute approximate surface area is 158 Å². The van der Waals surface area contributed by atoms with Crippen molar-refractivity contribution in [3.8, 4) is 0 Å². The van der Waals surface area contributed by atoms with Gasteiger partial charge in [0.1, 0.15) is 11.9 Å². The maximum atomic E-state index is 13.9. The minimum Gasteiger partial charge on any atom is -0.366 e. The van der Waals surface area contributed by atoms with Crippen molar-refractivity contribution in [3.63, 3.8) is 0 Å². The van der Waals surface area contributed by atoms with E-state index in [2.05, 4.69) is 6.92 Å². The summed E-state index contributed by atoms with van der Waals surface area (Å²) >= 11 is 6.03. The number of hydrogen-bond donors (Lipinski definition) is 1. The van der Waals surface area contributed by atoms with Crippen LogP contribution in [0.15, 0.2) is 48.5 Å². The van der Waals surface area contributed by atoms with E-state index in [9.17, 15) is 9.18 Å². The molecule has 1 fully saturated rings. The van der Waals surface area contributed by atoms with E-state index < -0.39 is 0 Å². The van der Waals surface area contributed by atoms with E-state index in [1.165, 1.54) is 6.07 Å². The Bertz CT molecular complexity index is 762. The summed E-state index contributed by atoms with van der Waals surface area (Å²) < 4.78 is 13.9. The van der Waals surface area contributed by atoms with E-state index in [-0.39, 0.29) is 17.8 Å². The van der Waals surface area contributed by atoms with E-state index >= 15 is 0 Å². The number of halogens is 2. The number of anilines is 1. The van der Waals surface area contributed by atoms with Gasteiger partial charge in [0.25, 0.3) is 5.91 Å². The SMILES string of the molecule is C[C@@H]([NH2+]CC(=O)N1CCN(c2ccccc2F)CC1)c1cccc(Cl)c1. The Kier molecular flexibility index (Phi) is 6.12. The zero-order valence-electron chi connectivity index (χ0n) is 14.9. The molecule has 1 amide bonds. The largest absolute Gasteiger partial charge is 0.366 e. The van der Waals surface area contributed by atoms with Crippen LogP contribution >= 0.6 is 11.6 Å². The maximum Gasteiger partial charge on any atom is 0.277 e. The minimum atomic E-state index is -0.212. The standard InChI is InChI=1S/C20H23ClFN3O/c1-15(16-5-4-6-17(21)13-16)23-14-20(26)25-11-9-24(10-12-25)19-8-3-2-7-18(19)22/h2-8,13,15,23H,9-12,14H2,1H3/p+1/t15-/m1/s1. The Balaban J connectivity index is 1.49. The molecule has 0 spiro atoms. The molecule has 2 aromatic carbocycles. The molecule has 26 heavy (non-hydrogen) atoms. The van der Waals surface area contributed by atoms with Crippen molar-refractivity contribution in [2.24, 2.45) is 0 Å². The topological polar surface area (TPSA) is 40.2 Å². The maximum absolute atomic E-state index is 13.9. The highest BCUT2D eigenvalue weighted by molar-refractivity contribution is 6.30. The molecule has 0 aliphatic carbocycles. The second-order valence-electron chi connectivity index (χ2n) is 6.60. The second-order valence-corrected chi connectivity index (χ2v) is 7.04. The normalized spacial score (nSPS) is 15.8. The molecule has 3 rings (SSSR count). The lowest BCUT2D eigenvalue weighted by Gasteiger charge is -2.36. The quantitative estimate of drug-likeness (QED) is 0.870. The van der Waals surface area contributed by atoms with Crippen LogP contribution in [0.5, 0.6) is 0 Å². The number of piperazine rings is 1. The first-order chi connectivity index (χ1) is 12.5. The van der Waals surface area contributed by atoms with Gasteiger partial charge in [0.15, 0.2) is 6.54 Å². The molecule has 0 radical (unpaired) electrons. The van der Waals surface area contributed by atoms with E-state index in [1.54, 1.807) is 12.1 Å². The summed E-state index contributed by atoms with van der Waals surface area (Å²) in [5.41, 5.74) is 1.72. The van der Waals surface area contributed by atoms with Gasteiger partial charge in [-0.1, -0.05) is 35.9 Å². The fourth-order valence-electron chi connectivity index (χ4n) is 3.24. The van der Waals surface area contributed by atoms with Gasteiger partial charge in [-0.05, 0) is 31.2 Å². The fourth-order valence-corrected chi connectivity index (χ4v) is 3.44. The van der Waals surface area contributed by atoms with Gasteiger partial charge in [-0.3, -0.25) is 4.79 Å². The van der Waals surface area contributed by atoms with E-state index in [4.69, 9.17) is 11.6 Å². The molecule has 4 nitrogen and oxygen atoms in total.